The summed E-state index contributed by atoms with van der Waals surface area (Å²) in [4.78, 5) is 12.0. The van der Waals surface area contributed by atoms with Gasteiger partial charge >= 0.3 is 0 Å². The molecule has 0 spiro atoms. The monoisotopic (exact) mass is 272 g/mol. The zero-order chi connectivity index (χ0) is 14.8. The van der Waals surface area contributed by atoms with Gasteiger partial charge in [-0.2, -0.15) is 0 Å². The molecule has 0 aliphatic carbocycles. The highest BCUT2D eigenvalue weighted by Gasteiger charge is 2.04. The van der Waals surface area contributed by atoms with Crippen LogP contribution in [0.2, 0.25) is 0 Å². The molecule has 0 fully saturated rings. The van der Waals surface area contributed by atoms with Gasteiger partial charge in [0.1, 0.15) is 0 Å². The summed E-state index contributed by atoms with van der Waals surface area (Å²) in [6.45, 7) is 4.21. The fourth-order valence-corrected chi connectivity index (χ4v) is 1.99. The lowest BCUT2D eigenvalue weighted by Crippen LogP contribution is -1.98. The van der Waals surface area contributed by atoms with Crippen molar-refractivity contribution in [1.82, 2.24) is 0 Å². The number of ketones is 1. The Bertz CT molecular complexity index is 469. The topological polar surface area (TPSA) is 37.3 Å². The maximum absolute atomic E-state index is 12.0. The van der Waals surface area contributed by atoms with Gasteiger partial charge in [-0.05, 0) is 33.1 Å². The first-order chi connectivity index (χ1) is 9.63. The number of allylic oxidation sites excluding steroid dienone is 3. The molecule has 1 rings (SSSR count). The lowest BCUT2D eigenvalue weighted by Gasteiger charge is -2.03. The second-order valence-corrected chi connectivity index (χ2v) is 5.11. The van der Waals surface area contributed by atoms with E-state index in [-0.39, 0.29) is 12.4 Å². The Morgan fingerprint density at radius 3 is 2.30 bits per heavy atom. The number of Topliss-reactive ketones (excluding diaryl/α,β-unsaturated/α-hetero) is 1. The molecular weight excluding hydrogens is 248 g/mol. The van der Waals surface area contributed by atoms with Gasteiger partial charge in [0.25, 0.3) is 0 Å². The normalized spacial score (nSPS) is 12.6. The van der Waals surface area contributed by atoms with Crippen LogP contribution < -0.4 is 0 Å². The van der Waals surface area contributed by atoms with Crippen molar-refractivity contribution in [3.05, 3.63) is 59.2 Å². The average molecular weight is 272 g/mol. The van der Waals surface area contributed by atoms with Crippen molar-refractivity contribution < 1.29 is 9.90 Å². The first-order valence-electron chi connectivity index (χ1n) is 7.14. The van der Waals surface area contributed by atoms with Gasteiger partial charge in [0.05, 0.1) is 6.61 Å². The molecule has 108 valence electrons. The number of rotatable bonds is 8. The summed E-state index contributed by atoms with van der Waals surface area (Å²) >= 11 is 0. The van der Waals surface area contributed by atoms with E-state index in [4.69, 9.17) is 5.11 Å². The van der Waals surface area contributed by atoms with E-state index in [2.05, 4.69) is 13.0 Å². The van der Waals surface area contributed by atoms with Gasteiger partial charge in [0.15, 0.2) is 5.78 Å². The van der Waals surface area contributed by atoms with Crippen molar-refractivity contribution in [2.24, 2.45) is 0 Å². The highest BCUT2D eigenvalue weighted by molar-refractivity contribution is 5.96. The molecule has 2 nitrogen and oxygen atoms in total. The van der Waals surface area contributed by atoms with E-state index in [1.165, 1.54) is 11.1 Å². The molecule has 0 amide bonds. The van der Waals surface area contributed by atoms with E-state index in [0.717, 1.165) is 24.8 Å². The summed E-state index contributed by atoms with van der Waals surface area (Å²) in [6, 6.07) is 9.44. The van der Waals surface area contributed by atoms with Gasteiger partial charge in [-0.3, -0.25) is 4.79 Å². The standard InChI is InChI=1S/C18H24O2/c1-15(7-6-8-16(2)13-14-19)11-12-18(20)17-9-4-3-5-10-17/h3-5,7,9-10,13,19H,6,8,11-12,14H2,1-2H3/b15-7?,16-13+. The van der Waals surface area contributed by atoms with Gasteiger partial charge in [-0.25, -0.2) is 0 Å². The van der Waals surface area contributed by atoms with Gasteiger partial charge < -0.3 is 5.11 Å². The number of hydrogen-bond donors (Lipinski definition) is 1. The predicted molar refractivity (Wildman–Crippen MR) is 83.8 cm³/mol. The third kappa shape index (κ3) is 6.48. The summed E-state index contributed by atoms with van der Waals surface area (Å²) in [6.07, 6.45) is 7.33. The van der Waals surface area contributed by atoms with Crippen molar-refractivity contribution in [3.63, 3.8) is 0 Å². The van der Waals surface area contributed by atoms with E-state index in [1.54, 1.807) is 0 Å². The number of carbonyl (C=O) groups excluding carboxylic acids is 1. The highest BCUT2D eigenvalue weighted by Crippen LogP contribution is 2.12. The summed E-state index contributed by atoms with van der Waals surface area (Å²) in [7, 11) is 0. The second kappa shape index (κ2) is 9.27. The van der Waals surface area contributed by atoms with Crippen LogP contribution in [0.3, 0.4) is 0 Å². The lowest BCUT2D eigenvalue weighted by molar-refractivity contribution is 0.0983. The largest absolute Gasteiger partial charge is 0.392 e. The number of aliphatic hydroxyl groups excluding tert-OH is 1. The average Bonchev–Trinajstić information content (AvgIpc) is 2.46. The van der Waals surface area contributed by atoms with Crippen LogP contribution >= 0.6 is 0 Å². The van der Waals surface area contributed by atoms with Crippen molar-refractivity contribution in [3.8, 4) is 0 Å². The van der Waals surface area contributed by atoms with Crippen molar-refractivity contribution >= 4 is 5.78 Å². The van der Waals surface area contributed by atoms with Crippen LogP contribution in [0.5, 0.6) is 0 Å². The van der Waals surface area contributed by atoms with Gasteiger partial charge in [-0.15, -0.1) is 0 Å². The fraction of sp³-hybridized carbons (Fsp3) is 0.389. The minimum Gasteiger partial charge on any atom is -0.392 e. The van der Waals surface area contributed by atoms with Crippen molar-refractivity contribution in [1.29, 1.82) is 0 Å². The zero-order valence-corrected chi connectivity index (χ0v) is 12.4. The number of hydrogen-bond acceptors (Lipinski definition) is 2. The molecule has 0 aliphatic rings. The Labute approximate surface area is 121 Å². The molecule has 1 N–H and O–H groups in total. The summed E-state index contributed by atoms with van der Waals surface area (Å²) in [5.41, 5.74) is 3.25. The predicted octanol–water partition coefficient (Wildman–Crippen LogP) is 4.31. The Balaban J connectivity index is 2.34. The van der Waals surface area contributed by atoms with Crippen molar-refractivity contribution in [2.75, 3.05) is 6.61 Å². The Kier molecular flexibility index (Phi) is 7.59. The molecule has 1 aromatic carbocycles. The summed E-state index contributed by atoms with van der Waals surface area (Å²) < 4.78 is 0. The Morgan fingerprint density at radius 2 is 1.65 bits per heavy atom. The van der Waals surface area contributed by atoms with E-state index in [9.17, 15) is 4.79 Å². The minimum atomic E-state index is 0.111. The van der Waals surface area contributed by atoms with E-state index in [0.29, 0.717) is 6.42 Å². The lowest BCUT2D eigenvalue weighted by atomic mass is 10.0. The molecule has 0 bridgehead atoms. The molecule has 0 aromatic heterocycles. The fourth-order valence-electron chi connectivity index (χ4n) is 1.99. The molecule has 0 atom stereocenters. The second-order valence-electron chi connectivity index (χ2n) is 5.11. The molecule has 1 aromatic rings. The third-order valence-electron chi connectivity index (χ3n) is 3.31. The first kappa shape index (κ1) is 16.4. The SMILES string of the molecule is CC(=CCC/C(C)=C/CO)CCC(=O)c1ccccc1. The third-order valence-corrected chi connectivity index (χ3v) is 3.31. The van der Waals surface area contributed by atoms with E-state index >= 15 is 0 Å². The van der Waals surface area contributed by atoms with Gasteiger partial charge in [0, 0.05) is 12.0 Å². The molecule has 0 unspecified atom stereocenters. The maximum atomic E-state index is 12.0. The van der Waals surface area contributed by atoms with Crippen LogP contribution in [0.15, 0.2) is 53.6 Å². The zero-order valence-electron chi connectivity index (χ0n) is 12.4. The number of benzene rings is 1. The summed E-state index contributed by atoms with van der Waals surface area (Å²) in [5, 5.41) is 8.77. The smallest absolute Gasteiger partial charge is 0.163 e. The van der Waals surface area contributed by atoms with Crippen molar-refractivity contribution in [2.45, 2.75) is 39.5 Å². The highest BCUT2D eigenvalue weighted by atomic mass is 16.2. The number of aliphatic hydroxyl groups is 1. The molecule has 0 heterocycles. The molecule has 20 heavy (non-hydrogen) atoms. The first-order valence-corrected chi connectivity index (χ1v) is 7.14. The van der Waals surface area contributed by atoms with Gasteiger partial charge in [0.2, 0.25) is 0 Å². The van der Waals surface area contributed by atoms with Gasteiger partial charge in [-0.1, -0.05) is 53.6 Å². The molecule has 0 saturated carbocycles. The van der Waals surface area contributed by atoms with E-state index < -0.39 is 0 Å². The van der Waals surface area contributed by atoms with Crippen LogP contribution in [-0.2, 0) is 0 Å². The molecule has 0 radical (unpaired) electrons. The van der Waals surface area contributed by atoms with Crippen LogP contribution in [0.25, 0.3) is 0 Å². The van der Waals surface area contributed by atoms with Crippen LogP contribution in [-0.4, -0.2) is 17.5 Å². The molecule has 0 saturated heterocycles. The number of carbonyl (C=O) groups is 1. The minimum absolute atomic E-state index is 0.111. The molecule has 2 heteroatoms. The maximum Gasteiger partial charge on any atom is 0.163 e. The molecule has 0 aliphatic heterocycles. The Morgan fingerprint density at radius 1 is 1.00 bits per heavy atom. The Hall–Kier alpha value is -1.67. The van der Waals surface area contributed by atoms with Crippen LogP contribution in [0.4, 0.5) is 0 Å². The molecular formula is C18H24O2. The van der Waals surface area contributed by atoms with Crippen LogP contribution in [0, 0.1) is 0 Å². The quantitative estimate of drug-likeness (QED) is 0.565. The summed E-state index contributed by atoms with van der Waals surface area (Å²) in [5.74, 6) is 0.203. The van der Waals surface area contributed by atoms with Crippen LogP contribution in [0.1, 0.15) is 49.9 Å². The van der Waals surface area contributed by atoms with E-state index in [1.807, 2.05) is 43.3 Å².